The fraction of sp³-hybridized carbons (Fsp3) is 0.273. The molecule has 0 spiro atoms. The number of carbonyl (C=O) groups excluding carboxylic acids is 2. The standard InChI is InChI=1S/C22H26N4O4/c1-15-7-5-8-16(2)21(15)29-13-19(27)25-23-11-12-24-26-20(28)14-30-22-17(3)9-6-10-18(22)4/h5-12H,13-14H2,1-4H3,(H,25,27)(H,26,28). The molecule has 0 fully saturated rings. The third kappa shape index (κ3) is 7.05. The van der Waals surface area contributed by atoms with Crippen LogP contribution < -0.4 is 20.3 Å². The number of hydrogen-bond acceptors (Lipinski definition) is 6. The molecule has 2 rings (SSSR count). The summed E-state index contributed by atoms with van der Waals surface area (Å²) in [5.74, 6) is 0.551. The van der Waals surface area contributed by atoms with Gasteiger partial charge in [0.1, 0.15) is 11.5 Å². The second-order valence-electron chi connectivity index (χ2n) is 6.65. The van der Waals surface area contributed by atoms with E-state index in [1.807, 2.05) is 64.1 Å². The van der Waals surface area contributed by atoms with Gasteiger partial charge in [0.25, 0.3) is 11.8 Å². The van der Waals surface area contributed by atoms with Crippen molar-refractivity contribution in [3.8, 4) is 11.5 Å². The van der Waals surface area contributed by atoms with Crippen molar-refractivity contribution < 1.29 is 19.1 Å². The van der Waals surface area contributed by atoms with Gasteiger partial charge in [0.2, 0.25) is 0 Å². The number of rotatable bonds is 9. The molecule has 2 amide bonds. The van der Waals surface area contributed by atoms with Gasteiger partial charge < -0.3 is 9.47 Å². The normalized spacial score (nSPS) is 10.9. The van der Waals surface area contributed by atoms with Crippen molar-refractivity contribution in [3.63, 3.8) is 0 Å². The van der Waals surface area contributed by atoms with Gasteiger partial charge in [-0.2, -0.15) is 10.2 Å². The maximum Gasteiger partial charge on any atom is 0.277 e. The van der Waals surface area contributed by atoms with Gasteiger partial charge in [0, 0.05) is 0 Å². The van der Waals surface area contributed by atoms with E-state index in [0.717, 1.165) is 22.3 Å². The number of ether oxygens (including phenoxy) is 2. The second kappa shape index (κ2) is 11.4. The Morgan fingerprint density at radius 3 is 1.40 bits per heavy atom. The average molecular weight is 410 g/mol. The molecule has 0 aromatic heterocycles. The molecule has 2 aromatic rings. The lowest BCUT2D eigenvalue weighted by Gasteiger charge is -2.10. The topological polar surface area (TPSA) is 101 Å². The molecule has 2 aromatic carbocycles. The number of amides is 2. The van der Waals surface area contributed by atoms with Crippen LogP contribution in [-0.4, -0.2) is 37.5 Å². The van der Waals surface area contributed by atoms with E-state index >= 15 is 0 Å². The number of hydrogen-bond donors (Lipinski definition) is 2. The molecule has 158 valence electrons. The van der Waals surface area contributed by atoms with Gasteiger partial charge in [-0.25, -0.2) is 10.9 Å². The van der Waals surface area contributed by atoms with Crippen LogP contribution >= 0.6 is 0 Å². The maximum atomic E-state index is 11.8. The van der Waals surface area contributed by atoms with Crippen molar-refractivity contribution in [1.29, 1.82) is 0 Å². The van der Waals surface area contributed by atoms with Crippen molar-refractivity contribution in [3.05, 3.63) is 58.7 Å². The lowest BCUT2D eigenvalue weighted by molar-refractivity contribution is -0.123. The zero-order valence-corrected chi connectivity index (χ0v) is 17.6. The number of benzene rings is 2. The molecular weight excluding hydrogens is 384 g/mol. The monoisotopic (exact) mass is 410 g/mol. The Hall–Kier alpha value is -3.68. The van der Waals surface area contributed by atoms with Crippen molar-refractivity contribution in [2.24, 2.45) is 10.2 Å². The van der Waals surface area contributed by atoms with Gasteiger partial charge >= 0.3 is 0 Å². The van der Waals surface area contributed by atoms with Crippen LogP contribution in [0.3, 0.4) is 0 Å². The van der Waals surface area contributed by atoms with E-state index < -0.39 is 11.8 Å². The van der Waals surface area contributed by atoms with Gasteiger partial charge in [-0.15, -0.1) is 0 Å². The molecule has 0 saturated carbocycles. The highest BCUT2D eigenvalue weighted by molar-refractivity contribution is 6.16. The van der Waals surface area contributed by atoms with Gasteiger partial charge in [0.15, 0.2) is 13.2 Å². The Balaban J connectivity index is 1.67. The summed E-state index contributed by atoms with van der Waals surface area (Å²) in [6, 6.07) is 11.5. The fourth-order valence-corrected chi connectivity index (χ4v) is 2.68. The molecule has 0 unspecified atom stereocenters. The summed E-state index contributed by atoms with van der Waals surface area (Å²) in [6.07, 6.45) is 2.48. The van der Waals surface area contributed by atoms with Crippen LogP contribution in [0.15, 0.2) is 46.6 Å². The van der Waals surface area contributed by atoms with Gasteiger partial charge in [-0.1, -0.05) is 36.4 Å². The Morgan fingerprint density at radius 1 is 0.733 bits per heavy atom. The first-order valence-electron chi connectivity index (χ1n) is 9.39. The number of carbonyl (C=O) groups is 2. The van der Waals surface area contributed by atoms with Crippen LogP contribution in [0.2, 0.25) is 0 Å². The summed E-state index contributed by atoms with van der Waals surface area (Å²) in [6.45, 7) is 7.33. The summed E-state index contributed by atoms with van der Waals surface area (Å²) in [7, 11) is 0. The minimum Gasteiger partial charge on any atom is -0.483 e. The quantitative estimate of drug-likeness (QED) is 0.490. The summed E-state index contributed by atoms with van der Waals surface area (Å²) < 4.78 is 11.1. The van der Waals surface area contributed by atoms with E-state index in [0.29, 0.717) is 11.5 Å². The van der Waals surface area contributed by atoms with E-state index in [9.17, 15) is 9.59 Å². The van der Waals surface area contributed by atoms with Gasteiger partial charge in [0.05, 0.1) is 12.4 Å². The lowest BCUT2D eigenvalue weighted by atomic mass is 10.1. The van der Waals surface area contributed by atoms with Crippen LogP contribution in [-0.2, 0) is 9.59 Å². The summed E-state index contributed by atoms with van der Waals surface area (Å²) in [5.41, 5.74) is 8.45. The van der Waals surface area contributed by atoms with Gasteiger partial charge in [-0.3, -0.25) is 9.59 Å². The molecule has 0 aliphatic heterocycles. The summed E-state index contributed by atoms with van der Waals surface area (Å²) in [4.78, 5) is 23.5. The largest absolute Gasteiger partial charge is 0.483 e. The van der Waals surface area contributed by atoms with E-state index in [2.05, 4.69) is 21.1 Å². The zero-order valence-electron chi connectivity index (χ0n) is 17.6. The van der Waals surface area contributed by atoms with Crippen LogP contribution in [0.1, 0.15) is 22.3 Å². The zero-order chi connectivity index (χ0) is 21.9. The molecular formula is C22H26N4O4. The smallest absolute Gasteiger partial charge is 0.277 e. The van der Waals surface area contributed by atoms with Crippen LogP contribution in [0, 0.1) is 27.7 Å². The van der Waals surface area contributed by atoms with E-state index in [-0.39, 0.29) is 13.2 Å². The van der Waals surface area contributed by atoms with Crippen molar-refractivity contribution >= 4 is 24.2 Å². The average Bonchev–Trinajstić information content (AvgIpc) is 2.70. The first-order valence-corrected chi connectivity index (χ1v) is 9.39. The highest BCUT2D eigenvalue weighted by Gasteiger charge is 2.07. The third-order valence-corrected chi connectivity index (χ3v) is 4.11. The Morgan fingerprint density at radius 2 is 1.07 bits per heavy atom. The van der Waals surface area contributed by atoms with E-state index in [1.54, 1.807) is 0 Å². The number of para-hydroxylation sites is 2. The van der Waals surface area contributed by atoms with Crippen molar-refractivity contribution in [2.45, 2.75) is 27.7 Å². The number of hydrazone groups is 2. The summed E-state index contributed by atoms with van der Waals surface area (Å²) >= 11 is 0. The summed E-state index contributed by atoms with van der Waals surface area (Å²) in [5, 5.41) is 7.41. The Labute approximate surface area is 176 Å². The fourth-order valence-electron chi connectivity index (χ4n) is 2.68. The molecule has 30 heavy (non-hydrogen) atoms. The van der Waals surface area contributed by atoms with Crippen molar-refractivity contribution in [2.75, 3.05) is 13.2 Å². The first-order chi connectivity index (χ1) is 14.4. The Kier molecular flexibility index (Phi) is 8.56. The first kappa shape index (κ1) is 22.6. The van der Waals surface area contributed by atoms with Gasteiger partial charge in [-0.05, 0) is 49.9 Å². The third-order valence-electron chi connectivity index (χ3n) is 4.11. The molecule has 0 aliphatic carbocycles. The number of nitrogens with one attached hydrogen (secondary N) is 2. The highest BCUT2D eigenvalue weighted by Crippen LogP contribution is 2.22. The molecule has 8 nitrogen and oxygen atoms in total. The number of nitrogens with zero attached hydrogens (tertiary/aromatic N) is 2. The molecule has 0 radical (unpaired) electrons. The van der Waals surface area contributed by atoms with Crippen LogP contribution in [0.25, 0.3) is 0 Å². The predicted molar refractivity (Wildman–Crippen MR) is 116 cm³/mol. The highest BCUT2D eigenvalue weighted by atomic mass is 16.5. The molecule has 0 atom stereocenters. The molecule has 8 heteroatoms. The van der Waals surface area contributed by atoms with Crippen LogP contribution in [0.5, 0.6) is 11.5 Å². The molecule has 0 bridgehead atoms. The van der Waals surface area contributed by atoms with E-state index in [4.69, 9.17) is 9.47 Å². The maximum absolute atomic E-state index is 11.8. The SMILES string of the molecule is Cc1cccc(C)c1OCC(=O)NN=CC=NNC(=O)COc1c(C)cccc1C. The van der Waals surface area contributed by atoms with Crippen LogP contribution in [0.4, 0.5) is 0 Å². The molecule has 2 N–H and O–H groups in total. The second-order valence-corrected chi connectivity index (χ2v) is 6.65. The number of aryl methyl sites for hydroxylation is 4. The Bertz CT molecular complexity index is 836. The minimum atomic E-state index is -0.409. The predicted octanol–water partition coefficient (Wildman–Crippen LogP) is 2.58. The minimum absolute atomic E-state index is 0.160. The molecule has 0 heterocycles. The molecule has 0 saturated heterocycles. The lowest BCUT2D eigenvalue weighted by Crippen LogP contribution is -2.26. The van der Waals surface area contributed by atoms with E-state index in [1.165, 1.54) is 12.4 Å². The molecule has 0 aliphatic rings. The van der Waals surface area contributed by atoms with Crippen molar-refractivity contribution in [1.82, 2.24) is 10.9 Å².